The number of benzene rings is 2. The van der Waals surface area contributed by atoms with Crippen LogP contribution >= 0.6 is 0 Å². The molecule has 29 heavy (non-hydrogen) atoms. The first-order valence-corrected chi connectivity index (χ1v) is 9.05. The predicted molar refractivity (Wildman–Crippen MR) is 90.1 cm³/mol. The van der Waals surface area contributed by atoms with Gasteiger partial charge in [-0.3, -0.25) is 9.59 Å². The van der Waals surface area contributed by atoms with E-state index in [0.29, 0.717) is 24.3 Å². The Bertz CT molecular complexity index is 1070. The minimum Gasteiger partial charge on any atom is -0.366 e. The van der Waals surface area contributed by atoms with E-state index >= 15 is 0 Å². The van der Waals surface area contributed by atoms with E-state index in [1.54, 1.807) is 4.72 Å². The summed E-state index contributed by atoms with van der Waals surface area (Å²) >= 11 is 0. The van der Waals surface area contributed by atoms with Gasteiger partial charge in [0.15, 0.2) is 0 Å². The van der Waals surface area contributed by atoms with Gasteiger partial charge in [0.1, 0.15) is 11.6 Å². The highest BCUT2D eigenvalue weighted by molar-refractivity contribution is 7.89. The number of nitrogens with two attached hydrogens (primary N) is 1. The van der Waals surface area contributed by atoms with E-state index < -0.39 is 67.9 Å². The third kappa shape index (κ3) is 5.48. The molecule has 4 N–H and O–H groups in total. The monoisotopic (exact) mass is 437 g/mol. The number of amides is 2. The molecule has 0 aliphatic heterocycles. The maximum absolute atomic E-state index is 13.7. The van der Waals surface area contributed by atoms with Crippen molar-refractivity contribution in [3.63, 3.8) is 0 Å². The lowest BCUT2D eigenvalue weighted by atomic mass is 10.1. The van der Waals surface area contributed by atoms with E-state index in [0.717, 1.165) is 12.1 Å². The Balaban J connectivity index is 2.13. The largest absolute Gasteiger partial charge is 0.416 e. The standard InChI is InChI=1S/C16H12F5N3O4S/c17-11-6-12(18)13(5-10(11)15(22)26)24-14(25)7-23-29(27,28)9-3-1-2-8(4-9)16(19,20)21/h1-6,23H,7H2,(H2,22,26)(H,24,25). The zero-order valence-electron chi connectivity index (χ0n) is 14.2. The van der Waals surface area contributed by atoms with Gasteiger partial charge in [-0.1, -0.05) is 6.07 Å². The van der Waals surface area contributed by atoms with Crippen LogP contribution in [0.5, 0.6) is 0 Å². The normalized spacial score (nSPS) is 11.9. The number of alkyl halides is 3. The maximum Gasteiger partial charge on any atom is 0.416 e. The van der Waals surface area contributed by atoms with E-state index in [9.17, 15) is 40.0 Å². The van der Waals surface area contributed by atoms with E-state index in [4.69, 9.17) is 5.73 Å². The van der Waals surface area contributed by atoms with Crippen molar-refractivity contribution in [3.05, 3.63) is 59.2 Å². The van der Waals surface area contributed by atoms with Crippen LogP contribution in [0.3, 0.4) is 0 Å². The number of anilines is 1. The van der Waals surface area contributed by atoms with Crippen molar-refractivity contribution in [2.24, 2.45) is 5.73 Å². The Kier molecular flexibility index (Phi) is 6.23. The lowest BCUT2D eigenvalue weighted by Crippen LogP contribution is -2.33. The highest BCUT2D eigenvalue weighted by Gasteiger charge is 2.31. The number of carbonyl (C=O) groups excluding carboxylic acids is 2. The predicted octanol–water partition coefficient (Wildman–Crippen LogP) is 2.00. The SMILES string of the molecule is NC(=O)c1cc(NC(=O)CNS(=O)(=O)c2cccc(C(F)(F)F)c2)c(F)cc1F. The van der Waals surface area contributed by atoms with Crippen molar-refractivity contribution >= 4 is 27.5 Å². The third-order valence-corrected chi connectivity index (χ3v) is 4.89. The van der Waals surface area contributed by atoms with Gasteiger partial charge in [-0.05, 0) is 24.3 Å². The fraction of sp³-hybridized carbons (Fsp3) is 0.125. The van der Waals surface area contributed by atoms with Gasteiger partial charge in [0.05, 0.1) is 28.3 Å². The third-order valence-electron chi connectivity index (χ3n) is 3.49. The van der Waals surface area contributed by atoms with Crippen molar-refractivity contribution in [2.45, 2.75) is 11.1 Å². The second kappa shape index (κ2) is 8.13. The van der Waals surface area contributed by atoms with E-state index in [1.807, 2.05) is 5.32 Å². The number of nitrogens with one attached hydrogen (secondary N) is 2. The summed E-state index contributed by atoms with van der Waals surface area (Å²) in [5.41, 5.74) is 2.32. The Labute approximate surface area is 160 Å². The van der Waals surface area contributed by atoms with Crippen molar-refractivity contribution < 1.29 is 40.0 Å². The molecule has 0 spiro atoms. The Morgan fingerprint density at radius 1 is 1.03 bits per heavy atom. The molecule has 0 aliphatic rings. The highest BCUT2D eigenvalue weighted by atomic mass is 32.2. The fourth-order valence-corrected chi connectivity index (χ4v) is 3.14. The molecule has 2 amide bonds. The zero-order chi connectivity index (χ0) is 22.0. The Morgan fingerprint density at radius 2 is 1.69 bits per heavy atom. The highest BCUT2D eigenvalue weighted by Crippen LogP contribution is 2.30. The molecule has 2 aromatic rings. The molecule has 7 nitrogen and oxygen atoms in total. The van der Waals surface area contributed by atoms with Gasteiger partial charge in [-0.2, -0.15) is 13.2 Å². The number of primary amides is 1. The molecule has 0 atom stereocenters. The summed E-state index contributed by atoms with van der Waals surface area (Å²) in [5.74, 6) is -4.90. The first-order valence-electron chi connectivity index (χ1n) is 7.57. The van der Waals surface area contributed by atoms with Crippen LogP contribution in [0.25, 0.3) is 0 Å². The summed E-state index contributed by atoms with van der Waals surface area (Å²) in [6.07, 6.45) is -4.78. The van der Waals surface area contributed by atoms with Crippen LogP contribution in [0, 0.1) is 11.6 Å². The molecule has 0 bridgehead atoms. The molecule has 0 radical (unpaired) electrons. The Hall–Kier alpha value is -3.06. The molecule has 0 unspecified atom stereocenters. The van der Waals surface area contributed by atoms with E-state index in [1.165, 1.54) is 0 Å². The summed E-state index contributed by atoms with van der Waals surface area (Å²) in [5, 5.41) is 1.90. The van der Waals surface area contributed by atoms with Crippen LogP contribution in [-0.2, 0) is 21.0 Å². The van der Waals surface area contributed by atoms with E-state index in [2.05, 4.69) is 0 Å². The summed E-state index contributed by atoms with van der Waals surface area (Å²) in [4.78, 5) is 22.2. The molecule has 13 heteroatoms. The topological polar surface area (TPSA) is 118 Å². The van der Waals surface area contributed by atoms with E-state index in [-0.39, 0.29) is 0 Å². The quantitative estimate of drug-likeness (QED) is 0.599. The van der Waals surface area contributed by atoms with Gasteiger partial charge in [0.25, 0.3) is 5.91 Å². The van der Waals surface area contributed by atoms with Gasteiger partial charge in [-0.25, -0.2) is 21.9 Å². The first kappa shape index (κ1) is 22.2. The molecule has 156 valence electrons. The van der Waals surface area contributed by atoms with Crippen LogP contribution in [-0.4, -0.2) is 26.8 Å². The molecule has 0 saturated carbocycles. The van der Waals surface area contributed by atoms with Crippen LogP contribution in [0.1, 0.15) is 15.9 Å². The lowest BCUT2D eigenvalue weighted by molar-refractivity contribution is -0.137. The van der Waals surface area contributed by atoms with Gasteiger partial charge >= 0.3 is 6.18 Å². The van der Waals surface area contributed by atoms with Crippen molar-refractivity contribution in [1.29, 1.82) is 0 Å². The maximum atomic E-state index is 13.7. The molecule has 0 aliphatic carbocycles. The number of hydrogen-bond acceptors (Lipinski definition) is 4. The molecule has 0 heterocycles. The summed E-state index contributed by atoms with van der Waals surface area (Å²) in [6.45, 7) is -0.985. The molecular weight excluding hydrogens is 425 g/mol. The second-order valence-electron chi connectivity index (χ2n) is 5.57. The minimum atomic E-state index is -4.78. The number of halogens is 5. The van der Waals surface area contributed by atoms with Crippen LogP contribution < -0.4 is 15.8 Å². The Morgan fingerprint density at radius 3 is 2.28 bits per heavy atom. The average Bonchev–Trinajstić information content (AvgIpc) is 2.61. The second-order valence-corrected chi connectivity index (χ2v) is 7.34. The zero-order valence-corrected chi connectivity index (χ0v) is 15.0. The number of rotatable bonds is 6. The van der Waals surface area contributed by atoms with Crippen molar-refractivity contribution in [2.75, 3.05) is 11.9 Å². The van der Waals surface area contributed by atoms with Crippen LogP contribution in [0.2, 0.25) is 0 Å². The number of hydrogen-bond donors (Lipinski definition) is 3. The summed E-state index contributed by atoms with van der Waals surface area (Å²) in [6, 6.07) is 3.71. The minimum absolute atomic E-state index is 0.294. The molecule has 2 rings (SSSR count). The number of sulfonamides is 1. The van der Waals surface area contributed by atoms with Gasteiger partial charge in [-0.15, -0.1) is 0 Å². The van der Waals surface area contributed by atoms with Crippen molar-refractivity contribution in [3.8, 4) is 0 Å². The molecular formula is C16H12F5N3O4S. The number of carbonyl (C=O) groups is 2. The molecule has 0 saturated heterocycles. The lowest BCUT2D eigenvalue weighted by Gasteiger charge is -2.11. The molecule has 0 fully saturated rings. The molecule has 2 aromatic carbocycles. The molecule has 0 aromatic heterocycles. The van der Waals surface area contributed by atoms with Gasteiger partial charge in [0.2, 0.25) is 15.9 Å². The average molecular weight is 437 g/mol. The first-order chi connectivity index (χ1) is 13.3. The summed E-state index contributed by atoms with van der Waals surface area (Å²) < 4.78 is 91.1. The van der Waals surface area contributed by atoms with Gasteiger partial charge < -0.3 is 11.1 Å². The fourth-order valence-electron chi connectivity index (χ4n) is 2.11. The summed E-state index contributed by atoms with van der Waals surface area (Å²) in [7, 11) is -4.51. The van der Waals surface area contributed by atoms with Crippen LogP contribution in [0.15, 0.2) is 41.3 Å². The van der Waals surface area contributed by atoms with Crippen molar-refractivity contribution in [1.82, 2.24) is 4.72 Å². The smallest absolute Gasteiger partial charge is 0.366 e. The van der Waals surface area contributed by atoms with Gasteiger partial charge in [0, 0.05) is 6.07 Å². The van der Waals surface area contributed by atoms with Crippen LogP contribution in [0.4, 0.5) is 27.6 Å².